The summed E-state index contributed by atoms with van der Waals surface area (Å²) in [6.45, 7) is 8.92. The van der Waals surface area contributed by atoms with Crippen LogP contribution in [-0.4, -0.2) is 94.1 Å². The molecule has 0 spiro atoms. The molecule has 3 heterocycles. The zero-order valence-electron chi connectivity index (χ0n) is 16.3. The number of morpholine rings is 1. The Labute approximate surface area is 174 Å². The van der Waals surface area contributed by atoms with Crippen molar-refractivity contribution in [1.82, 2.24) is 19.4 Å². The predicted molar refractivity (Wildman–Crippen MR) is 111 cm³/mol. The van der Waals surface area contributed by atoms with Crippen LogP contribution in [0.1, 0.15) is 12.0 Å². The molecule has 1 aromatic rings. The molecule has 4 rings (SSSR count). The number of likely N-dealkylation sites (tertiary alicyclic amines) is 1. The highest BCUT2D eigenvalue weighted by Crippen LogP contribution is 2.25. The molecule has 1 atom stereocenters. The maximum atomic E-state index is 13.1. The van der Waals surface area contributed by atoms with Gasteiger partial charge in [-0.25, -0.2) is 8.42 Å². The third-order valence-electron chi connectivity index (χ3n) is 5.87. The van der Waals surface area contributed by atoms with Gasteiger partial charge in [0, 0.05) is 64.9 Å². The van der Waals surface area contributed by atoms with Crippen molar-refractivity contribution < 1.29 is 13.2 Å². The first-order valence-electron chi connectivity index (χ1n) is 9.97. The fourth-order valence-corrected chi connectivity index (χ4v) is 5.98. The molecule has 7 nitrogen and oxygen atoms in total. The minimum absolute atomic E-state index is 0. The van der Waals surface area contributed by atoms with Gasteiger partial charge in [0.1, 0.15) is 0 Å². The summed E-state index contributed by atoms with van der Waals surface area (Å²) in [5.41, 5.74) is 0.907. The molecular weight excluding hydrogens is 400 g/mol. The number of sulfonamides is 1. The molecule has 0 radical (unpaired) electrons. The van der Waals surface area contributed by atoms with E-state index in [2.05, 4.69) is 15.1 Å². The fraction of sp³-hybridized carbons (Fsp3) is 0.684. The molecule has 3 aliphatic rings. The van der Waals surface area contributed by atoms with Gasteiger partial charge in [-0.3, -0.25) is 9.80 Å². The number of hydrogen-bond acceptors (Lipinski definition) is 6. The lowest BCUT2D eigenvalue weighted by molar-refractivity contribution is 0.0730. The van der Waals surface area contributed by atoms with Gasteiger partial charge in [-0.2, -0.15) is 4.31 Å². The zero-order chi connectivity index (χ0) is 18.7. The zero-order valence-corrected chi connectivity index (χ0v) is 17.9. The second-order valence-corrected chi connectivity index (χ2v) is 9.49. The number of piperazine rings is 1. The van der Waals surface area contributed by atoms with Gasteiger partial charge in [-0.05, 0) is 18.1 Å². The van der Waals surface area contributed by atoms with E-state index in [1.807, 2.05) is 18.2 Å². The van der Waals surface area contributed by atoms with Crippen LogP contribution in [0.15, 0.2) is 29.2 Å². The van der Waals surface area contributed by atoms with E-state index >= 15 is 0 Å². The molecule has 0 aromatic heterocycles. The molecule has 0 saturated carbocycles. The molecule has 1 aromatic carbocycles. The molecule has 0 amide bonds. The minimum atomic E-state index is -3.46. The van der Waals surface area contributed by atoms with Gasteiger partial charge in [0.15, 0.2) is 0 Å². The van der Waals surface area contributed by atoms with Crippen molar-refractivity contribution in [3.05, 3.63) is 29.8 Å². The quantitative estimate of drug-likeness (QED) is 0.738. The maximum Gasteiger partial charge on any atom is 0.243 e. The van der Waals surface area contributed by atoms with Crippen LogP contribution in [0.4, 0.5) is 0 Å². The van der Waals surface area contributed by atoms with Crippen LogP contribution in [0.25, 0.3) is 0 Å². The van der Waals surface area contributed by atoms with Gasteiger partial charge in [-0.1, -0.05) is 18.2 Å². The monoisotopic (exact) mass is 430 g/mol. The van der Waals surface area contributed by atoms with E-state index in [4.69, 9.17) is 4.74 Å². The van der Waals surface area contributed by atoms with E-state index in [1.165, 1.54) is 6.42 Å². The van der Waals surface area contributed by atoms with Crippen LogP contribution in [0, 0.1) is 0 Å². The van der Waals surface area contributed by atoms with Gasteiger partial charge < -0.3 is 10.1 Å². The van der Waals surface area contributed by atoms with Gasteiger partial charge >= 0.3 is 0 Å². The van der Waals surface area contributed by atoms with Crippen LogP contribution >= 0.6 is 12.4 Å². The van der Waals surface area contributed by atoms with E-state index < -0.39 is 10.0 Å². The Balaban J connectivity index is 0.00000225. The van der Waals surface area contributed by atoms with Crippen molar-refractivity contribution in [2.45, 2.75) is 23.9 Å². The third kappa shape index (κ3) is 4.87. The van der Waals surface area contributed by atoms with Gasteiger partial charge in [0.25, 0.3) is 0 Å². The Morgan fingerprint density at radius 1 is 1.04 bits per heavy atom. The first-order chi connectivity index (χ1) is 13.1. The lowest BCUT2D eigenvalue weighted by Gasteiger charge is -2.32. The second-order valence-electron chi connectivity index (χ2n) is 7.59. The summed E-state index contributed by atoms with van der Waals surface area (Å²) in [6, 6.07) is 8.08. The summed E-state index contributed by atoms with van der Waals surface area (Å²) in [7, 11) is -3.46. The number of rotatable bonds is 5. The fourth-order valence-electron chi connectivity index (χ4n) is 4.35. The molecule has 0 aliphatic carbocycles. The predicted octanol–water partition coefficient (Wildman–Crippen LogP) is 0.609. The number of nitrogens with one attached hydrogen (secondary N) is 1. The first kappa shape index (κ1) is 22.0. The molecule has 3 saturated heterocycles. The van der Waals surface area contributed by atoms with E-state index in [0.717, 1.165) is 44.8 Å². The maximum absolute atomic E-state index is 13.1. The number of nitrogens with zero attached hydrogens (tertiary/aromatic N) is 3. The highest BCUT2D eigenvalue weighted by molar-refractivity contribution is 7.89. The molecule has 3 aliphatic heterocycles. The summed E-state index contributed by atoms with van der Waals surface area (Å²) in [4.78, 5) is 5.44. The summed E-state index contributed by atoms with van der Waals surface area (Å²) in [5, 5.41) is 3.41. The van der Waals surface area contributed by atoms with Gasteiger partial charge in [0.05, 0.1) is 18.1 Å². The number of ether oxygens (including phenoxy) is 1. The smallest absolute Gasteiger partial charge is 0.243 e. The van der Waals surface area contributed by atoms with E-state index in [-0.39, 0.29) is 12.4 Å². The molecule has 158 valence electrons. The number of hydrogen-bond donors (Lipinski definition) is 1. The van der Waals surface area contributed by atoms with Crippen LogP contribution in [-0.2, 0) is 21.3 Å². The molecule has 3 fully saturated rings. The lowest BCUT2D eigenvalue weighted by atomic mass is 10.2. The van der Waals surface area contributed by atoms with E-state index in [1.54, 1.807) is 10.4 Å². The van der Waals surface area contributed by atoms with Crippen molar-refractivity contribution in [3.63, 3.8) is 0 Å². The molecule has 1 N–H and O–H groups in total. The minimum Gasteiger partial charge on any atom is -0.379 e. The number of benzene rings is 1. The average molecular weight is 431 g/mol. The molecule has 0 bridgehead atoms. The molecular formula is C19H31ClN4O3S. The number of halogens is 1. The second kappa shape index (κ2) is 9.84. The Morgan fingerprint density at radius 3 is 2.50 bits per heavy atom. The normalized spacial score (nSPS) is 25.5. The van der Waals surface area contributed by atoms with Gasteiger partial charge in [0.2, 0.25) is 10.0 Å². The molecule has 28 heavy (non-hydrogen) atoms. The van der Waals surface area contributed by atoms with E-state index in [9.17, 15) is 8.42 Å². The third-order valence-corrected chi connectivity index (χ3v) is 7.87. The van der Waals surface area contributed by atoms with Crippen molar-refractivity contribution in [1.29, 1.82) is 0 Å². The Bertz CT molecular complexity index is 736. The summed E-state index contributed by atoms with van der Waals surface area (Å²) in [5.74, 6) is 0. The van der Waals surface area contributed by atoms with Crippen LogP contribution in [0.2, 0.25) is 0 Å². The van der Waals surface area contributed by atoms with Crippen LogP contribution < -0.4 is 5.32 Å². The van der Waals surface area contributed by atoms with Crippen molar-refractivity contribution in [2.75, 3.05) is 65.6 Å². The lowest BCUT2D eigenvalue weighted by Crippen LogP contribution is -2.49. The average Bonchev–Trinajstić information content (AvgIpc) is 3.18. The first-order valence-corrected chi connectivity index (χ1v) is 11.4. The Kier molecular flexibility index (Phi) is 7.72. The van der Waals surface area contributed by atoms with E-state index in [0.29, 0.717) is 43.8 Å². The van der Waals surface area contributed by atoms with Gasteiger partial charge in [-0.15, -0.1) is 12.4 Å². The summed E-state index contributed by atoms with van der Waals surface area (Å²) >= 11 is 0. The molecule has 9 heteroatoms. The largest absolute Gasteiger partial charge is 0.379 e. The van der Waals surface area contributed by atoms with Crippen molar-refractivity contribution in [3.8, 4) is 0 Å². The van der Waals surface area contributed by atoms with Crippen molar-refractivity contribution >= 4 is 22.4 Å². The summed E-state index contributed by atoms with van der Waals surface area (Å²) in [6.07, 6.45) is 1.17. The standard InChI is InChI=1S/C19H30N4O3S.ClH/c24-27(25,23-11-13-26-14-12-23)19-4-2-1-3-17(19)15-21-8-5-18(16-21)22-9-6-20-7-10-22;/h1-4,18,20H,5-16H2;1H. The Morgan fingerprint density at radius 2 is 1.75 bits per heavy atom. The highest BCUT2D eigenvalue weighted by atomic mass is 35.5. The molecule has 1 unspecified atom stereocenters. The topological polar surface area (TPSA) is 65.1 Å². The Hall–Kier alpha value is -0.740. The van der Waals surface area contributed by atoms with Crippen LogP contribution in [0.5, 0.6) is 0 Å². The summed E-state index contributed by atoms with van der Waals surface area (Å²) < 4.78 is 33.1. The van der Waals surface area contributed by atoms with Crippen LogP contribution in [0.3, 0.4) is 0 Å². The highest BCUT2D eigenvalue weighted by Gasteiger charge is 2.31. The SMILES string of the molecule is Cl.O=S(=O)(c1ccccc1CN1CCC(N2CCNCC2)C1)N1CCOCC1. The van der Waals surface area contributed by atoms with Crippen molar-refractivity contribution in [2.24, 2.45) is 0 Å².